The molecule has 0 saturated heterocycles. The van der Waals surface area contributed by atoms with Crippen LogP contribution in [0, 0.1) is 20.2 Å². The number of amides is 2. The molecular weight excluding hydrogens is 376 g/mol. The number of non-ortho nitro benzene ring substituents is 2. The van der Waals surface area contributed by atoms with Gasteiger partial charge in [-0.05, 0) is 24.3 Å². The molecule has 146 valence electrons. The van der Waals surface area contributed by atoms with Gasteiger partial charge in [0.2, 0.25) is 0 Å². The molecule has 2 rings (SSSR count). The Balaban J connectivity index is 1.94. The molecule has 0 bridgehead atoms. The maximum Gasteiger partial charge on any atom is 0.277 e. The van der Waals surface area contributed by atoms with Crippen molar-refractivity contribution in [1.82, 2.24) is 10.9 Å². The van der Waals surface area contributed by atoms with Crippen molar-refractivity contribution >= 4 is 23.2 Å². The summed E-state index contributed by atoms with van der Waals surface area (Å²) in [6.45, 7) is -0.429. The highest BCUT2D eigenvalue weighted by atomic mass is 16.6. The minimum absolute atomic E-state index is 0.364. The first-order chi connectivity index (χ1) is 13.3. The van der Waals surface area contributed by atoms with E-state index in [9.17, 15) is 29.8 Å². The number of carbonyl (C=O) groups excluding carboxylic acids is 2. The Labute approximate surface area is 157 Å². The second kappa shape index (κ2) is 8.93. The lowest BCUT2D eigenvalue weighted by atomic mass is 10.1. The van der Waals surface area contributed by atoms with Crippen LogP contribution in [0.15, 0.2) is 42.5 Å². The summed E-state index contributed by atoms with van der Waals surface area (Å²) in [5.41, 5.74) is 2.42. The molecule has 12 nitrogen and oxygen atoms in total. The van der Waals surface area contributed by atoms with E-state index in [0.717, 1.165) is 18.2 Å². The van der Waals surface area contributed by atoms with E-state index in [1.807, 2.05) is 10.9 Å². The number of carbonyl (C=O) groups is 2. The summed E-state index contributed by atoms with van der Waals surface area (Å²) in [5.74, 6) is -0.694. The van der Waals surface area contributed by atoms with E-state index in [4.69, 9.17) is 9.47 Å². The molecule has 0 heterocycles. The lowest BCUT2D eigenvalue weighted by Gasteiger charge is -2.09. The SMILES string of the molecule is COc1ccc(OCC(=O)NNC(=O)c2cc([N+](=O)[O-])cc([N+](=O)[O-])c2)cc1. The first kappa shape index (κ1) is 20.1. The van der Waals surface area contributed by atoms with Gasteiger partial charge in [0, 0.05) is 12.1 Å². The van der Waals surface area contributed by atoms with Crippen LogP contribution in [-0.4, -0.2) is 35.4 Å². The predicted octanol–water partition coefficient (Wildman–Crippen LogP) is 1.35. The average molecular weight is 390 g/mol. The van der Waals surface area contributed by atoms with E-state index in [2.05, 4.69) is 0 Å². The summed E-state index contributed by atoms with van der Waals surface area (Å²) in [6.07, 6.45) is 0. The molecule has 0 fully saturated rings. The van der Waals surface area contributed by atoms with Crippen molar-refractivity contribution in [2.45, 2.75) is 0 Å². The third-order valence-electron chi connectivity index (χ3n) is 3.33. The average Bonchev–Trinajstić information content (AvgIpc) is 2.70. The Bertz CT molecular complexity index is 881. The minimum Gasteiger partial charge on any atom is -0.497 e. The third kappa shape index (κ3) is 5.39. The second-order valence-corrected chi connectivity index (χ2v) is 5.22. The number of hydrogen-bond donors (Lipinski definition) is 2. The van der Waals surface area contributed by atoms with Gasteiger partial charge in [0.05, 0.1) is 28.6 Å². The van der Waals surface area contributed by atoms with Gasteiger partial charge in [0.25, 0.3) is 23.2 Å². The molecule has 12 heteroatoms. The standard InChI is InChI=1S/C16H14N4O8/c1-27-13-2-4-14(5-3-13)28-9-15(21)17-18-16(22)10-6-11(19(23)24)8-12(7-10)20(25)26/h2-8H,9H2,1H3,(H,17,21)(H,18,22). The molecule has 0 unspecified atom stereocenters. The van der Waals surface area contributed by atoms with Crippen molar-refractivity contribution in [3.8, 4) is 11.5 Å². The van der Waals surface area contributed by atoms with E-state index < -0.39 is 39.6 Å². The van der Waals surface area contributed by atoms with Gasteiger partial charge in [0.15, 0.2) is 6.61 Å². The Hall–Kier alpha value is -4.22. The molecule has 0 spiro atoms. The van der Waals surface area contributed by atoms with Crippen molar-refractivity contribution < 1.29 is 28.9 Å². The molecule has 0 aliphatic rings. The van der Waals surface area contributed by atoms with Gasteiger partial charge in [-0.3, -0.25) is 40.7 Å². The van der Waals surface area contributed by atoms with Gasteiger partial charge in [-0.1, -0.05) is 0 Å². The van der Waals surface area contributed by atoms with Crippen molar-refractivity contribution in [1.29, 1.82) is 0 Å². The van der Waals surface area contributed by atoms with Gasteiger partial charge in [-0.2, -0.15) is 0 Å². The summed E-state index contributed by atoms with van der Waals surface area (Å²) in [6, 6.07) is 8.83. The number of benzene rings is 2. The molecule has 0 aliphatic carbocycles. The molecule has 0 aromatic heterocycles. The molecule has 0 radical (unpaired) electrons. The quantitative estimate of drug-likeness (QED) is 0.528. The Kier molecular flexibility index (Phi) is 6.41. The van der Waals surface area contributed by atoms with Crippen LogP contribution in [0.4, 0.5) is 11.4 Å². The van der Waals surface area contributed by atoms with E-state index in [1.165, 1.54) is 7.11 Å². The van der Waals surface area contributed by atoms with Crippen LogP contribution in [0.25, 0.3) is 0 Å². The van der Waals surface area contributed by atoms with Crippen LogP contribution in [-0.2, 0) is 4.79 Å². The Morgan fingerprint density at radius 2 is 1.46 bits per heavy atom. The van der Waals surface area contributed by atoms with Gasteiger partial charge >= 0.3 is 0 Å². The number of rotatable bonds is 7. The highest BCUT2D eigenvalue weighted by molar-refractivity contribution is 5.96. The first-order valence-corrected chi connectivity index (χ1v) is 7.60. The molecule has 2 N–H and O–H groups in total. The van der Waals surface area contributed by atoms with Gasteiger partial charge < -0.3 is 9.47 Å². The number of hydrazine groups is 1. The fourth-order valence-electron chi connectivity index (χ4n) is 1.99. The molecule has 28 heavy (non-hydrogen) atoms. The van der Waals surface area contributed by atoms with Crippen molar-refractivity contribution in [3.63, 3.8) is 0 Å². The van der Waals surface area contributed by atoms with E-state index in [0.29, 0.717) is 11.5 Å². The number of nitro groups is 2. The van der Waals surface area contributed by atoms with Crippen molar-refractivity contribution in [2.75, 3.05) is 13.7 Å². The number of hydrogen-bond acceptors (Lipinski definition) is 8. The number of nitro benzene ring substituents is 2. The lowest BCUT2D eigenvalue weighted by Crippen LogP contribution is -2.43. The Morgan fingerprint density at radius 1 is 0.929 bits per heavy atom. The maximum atomic E-state index is 12.0. The Morgan fingerprint density at radius 3 is 1.96 bits per heavy atom. The van der Waals surface area contributed by atoms with Gasteiger partial charge in [0.1, 0.15) is 11.5 Å². The highest BCUT2D eigenvalue weighted by Crippen LogP contribution is 2.22. The summed E-state index contributed by atoms with van der Waals surface area (Å²) in [7, 11) is 1.50. The van der Waals surface area contributed by atoms with E-state index in [-0.39, 0.29) is 5.56 Å². The van der Waals surface area contributed by atoms with Crippen LogP contribution in [0.1, 0.15) is 10.4 Å². The predicted molar refractivity (Wildman–Crippen MR) is 93.8 cm³/mol. The van der Waals surface area contributed by atoms with Crippen LogP contribution in [0.3, 0.4) is 0 Å². The summed E-state index contributed by atoms with van der Waals surface area (Å²) < 4.78 is 10.2. The zero-order valence-electron chi connectivity index (χ0n) is 14.4. The smallest absolute Gasteiger partial charge is 0.277 e. The third-order valence-corrected chi connectivity index (χ3v) is 3.33. The van der Waals surface area contributed by atoms with Crippen molar-refractivity contribution in [2.24, 2.45) is 0 Å². The van der Waals surface area contributed by atoms with Crippen molar-refractivity contribution in [3.05, 3.63) is 68.3 Å². The monoisotopic (exact) mass is 390 g/mol. The number of nitrogens with zero attached hydrogens (tertiary/aromatic N) is 2. The molecule has 0 aliphatic heterocycles. The molecule has 2 aromatic rings. The number of methoxy groups -OCH3 is 1. The molecule has 2 aromatic carbocycles. The fourth-order valence-corrected chi connectivity index (χ4v) is 1.99. The summed E-state index contributed by atoms with van der Waals surface area (Å²) in [5, 5.41) is 21.7. The highest BCUT2D eigenvalue weighted by Gasteiger charge is 2.20. The largest absolute Gasteiger partial charge is 0.497 e. The van der Waals surface area contributed by atoms with E-state index in [1.54, 1.807) is 24.3 Å². The van der Waals surface area contributed by atoms with E-state index >= 15 is 0 Å². The zero-order chi connectivity index (χ0) is 20.7. The minimum atomic E-state index is -0.968. The molecular formula is C16H14N4O8. The molecule has 0 saturated carbocycles. The maximum absolute atomic E-state index is 12.0. The number of nitrogens with one attached hydrogen (secondary N) is 2. The van der Waals surface area contributed by atoms with Crippen LogP contribution >= 0.6 is 0 Å². The van der Waals surface area contributed by atoms with Crippen LogP contribution < -0.4 is 20.3 Å². The molecule has 0 atom stereocenters. The first-order valence-electron chi connectivity index (χ1n) is 7.60. The van der Waals surface area contributed by atoms with Gasteiger partial charge in [-0.15, -0.1) is 0 Å². The summed E-state index contributed by atoms with van der Waals surface area (Å²) >= 11 is 0. The topological polar surface area (TPSA) is 163 Å². The second-order valence-electron chi connectivity index (χ2n) is 5.22. The zero-order valence-corrected chi connectivity index (χ0v) is 14.4. The number of ether oxygens (including phenoxy) is 2. The van der Waals surface area contributed by atoms with Crippen LogP contribution in [0.2, 0.25) is 0 Å². The lowest BCUT2D eigenvalue weighted by molar-refractivity contribution is -0.394. The molecule has 2 amide bonds. The van der Waals surface area contributed by atoms with Crippen LogP contribution in [0.5, 0.6) is 11.5 Å². The summed E-state index contributed by atoms with van der Waals surface area (Å²) in [4.78, 5) is 43.7. The normalized spacial score (nSPS) is 9.89. The fraction of sp³-hybridized carbons (Fsp3) is 0.125. The van der Waals surface area contributed by atoms with Gasteiger partial charge in [-0.25, -0.2) is 0 Å².